The first-order valence-corrected chi connectivity index (χ1v) is 12.4. The maximum absolute atomic E-state index is 13.1. The molecule has 0 aromatic heterocycles. The van der Waals surface area contributed by atoms with Crippen molar-refractivity contribution in [2.24, 2.45) is 34.0 Å². The first-order chi connectivity index (χ1) is 15.0. The molecular weight excluding hydrogens is 404 g/mol. The molecule has 4 aliphatic carbocycles. The monoisotopic (exact) mass is 442 g/mol. The topological polar surface area (TPSA) is 87.0 Å². The summed E-state index contributed by atoms with van der Waals surface area (Å²) in [5.74, 6) is 0.181. The van der Waals surface area contributed by atoms with Crippen LogP contribution in [0.4, 0.5) is 0 Å². The Kier molecular flexibility index (Phi) is 5.09. The fraction of sp³-hybridized carbons (Fsp3) is 0.741. The predicted octanol–water partition coefficient (Wildman–Crippen LogP) is 4.30. The molecular formula is C27H38O5. The molecule has 5 heteroatoms. The molecule has 0 saturated heterocycles. The zero-order valence-corrected chi connectivity index (χ0v) is 19.6. The van der Waals surface area contributed by atoms with E-state index in [9.17, 15) is 20.1 Å². The average molecular weight is 443 g/mol. The number of carbonyl (C=O) groups excluding carboxylic acids is 1. The quantitative estimate of drug-likeness (QED) is 0.480. The van der Waals surface area contributed by atoms with Crippen molar-refractivity contribution in [2.45, 2.75) is 90.1 Å². The van der Waals surface area contributed by atoms with Gasteiger partial charge in [-0.1, -0.05) is 38.5 Å². The number of benzene rings is 1. The summed E-state index contributed by atoms with van der Waals surface area (Å²) in [7, 11) is 0. The summed E-state index contributed by atoms with van der Waals surface area (Å²) in [6.45, 7) is 6.29. The van der Waals surface area contributed by atoms with E-state index in [0.717, 1.165) is 44.9 Å². The highest BCUT2D eigenvalue weighted by Crippen LogP contribution is 2.75. The van der Waals surface area contributed by atoms with Gasteiger partial charge >= 0.3 is 5.97 Å². The molecule has 0 amide bonds. The van der Waals surface area contributed by atoms with E-state index in [2.05, 4.69) is 6.92 Å². The fourth-order valence-electron chi connectivity index (χ4n) is 8.90. The minimum atomic E-state index is -1.46. The van der Waals surface area contributed by atoms with Crippen LogP contribution >= 0.6 is 0 Å². The fourth-order valence-corrected chi connectivity index (χ4v) is 8.90. The molecule has 4 fully saturated rings. The van der Waals surface area contributed by atoms with Crippen LogP contribution < -0.4 is 0 Å². The van der Waals surface area contributed by atoms with E-state index in [-0.39, 0.29) is 34.7 Å². The zero-order chi connectivity index (χ0) is 22.9. The summed E-state index contributed by atoms with van der Waals surface area (Å²) >= 11 is 0. The third-order valence-corrected chi connectivity index (χ3v) is 10.6. The van der Waals surface area contributed by atoms with Crippen LogP contribution in [0.5, 0.6) is 0 Å². The molecule has 1 aromatic carbocycles. The Balaban J connectivity index is 1.57. The molecule has 8 atom stereocenters. The smallest absolute Gasteiger partial charge is 0.338 e. The van der Waals surface area contributed by atoms with Crippen molar-refractivity contribution >= 4 is 5.97 Å². The van der Waals surface area contributed by atoms with Crippen molar-refractivity contribution in [2.75, 3.05) is 0 Å². The van der Waals surface area contributed by atoms with Gasteiger partial charge < -0.3 is 20.1 Å². The van der Waals surface area contributed by atoms with Gasteiger partial charge in [-0.15, -0.1) is 0 Å². The van der Waals surface area contributed by atoms with Crippen LogP contribution in [0.3, 0.4) is 0 Å². The molecule has 1 spiro atoms. The maximum Gasteiger partial charge on any atom is 0.338 e. The number of aliphatic hydroxyl groups is 3. The second-order valence-corrected chi connectivity index (χ2v) is 12.0. The van der Waals surface area contributed by atoms with Crippen molar-refractivity contribution < 1.29 is 24.9 Å². The Bertz CT molecular complexity index is 881. The molecule has 32 heavy (non-hydrogen) atoms. The van der Waals surface area contributed by atoms with E-state index < -0.39 is 17.3 Å². The number of hydrogen-bond acceptors (Lipinski definition) is 5. The van der Waals surface area contributed by atoms with Crippen LogP contribution in [-0.2, 0) is 4.74 Å². The van der Waals surface area contributed by atoms with Crippen molar-refractivity contribution in [1.82, 2.24) is 0 Å². The molecule has 0 radical (unpaired) electrons. The van der Waals surface area contributed by atoms with E-state index in [0.29, 0.717) is 17.9 Å². The van der Waals surface area contributed by atoms with Gasteiger partial charge in [-0.05, 0) is 86.7 Å². The van der Waals surface area contributed by atoms with Crippen molar-refractivity contribution in [1.29, 1.82) is 0 Å². The maximum atomic E-state index is 13.1. The average Bonchev–Trinajstić information content (AvgIpc) is 3.09. The first-order valence-electron chi connectivity index (χ1n) is 12.4. The Labute approximate surface area is 191 Å². The first kappa shape index (κ1) is 22.4. The molecule has 2 bridgehead atoms. The SMILES string of the molecule is C[C@@]1(C(O)O)CCC[C@@]2(C)C1[C@H](OC(=O)c1ccccc1)C[C@H]1C[C@@H]3C[C@@]12CC[C@@]3(C)O. The van der Waals surface area contributed by atoms with Gasteiger partial charge in [0.1, 0.15) is 6.10 Å². The van der Waals surface area contributed by atoms with Gasteiger partial charge in [0.2, 0.25) is 0 Å². The minimum absolute atomic E-state index is 0.0663. The van der Waals surface area contributed by atoms with Gasteiger partial charge in [0.15, 0.2) is 6.29 Å². The minimum Gasteiger partial charge on any atom is -0.458 e. The number of carbonyl (C=O) groups is 1. The number of ether oxygens (including phenoxy) is 1. The molecule has 4 saturated carbocycles. The van der Waals surface area contributed by atoms with Crippen LogP contribution in [0.1, 0.15) is 82.5 Å². The van der Waals surface area contributed by atoms with Crippen molar-refractivity contribution in [3.05, 3.63) is 35.9 Å². The van der Waals surface area contributed by atoms with E-state index in [1.165, 1.54) is 0 Å². The summed E-state index contributed by atoms with van der Waals surface area (Å²) in [4.78, 5) is 13.1. The number of esters is 1. The molecule has 5 rings (SSSR count). The summed E-state index contributed by atoms with van der Waals surface area (Å²) in [6, 6.07) is 9.09. The highest BCUT2D eigenvalue weighted by molar-refractivity contribution is 5.89. The second kappa shape index (κ2) is 7.28. The molecule has 0 aliphatic heterocycles. The van der Waals surface area contributed by atoms with Crippen LogP contribution in [-0.4, -0.2) is 39.3 Å². The van der Waals surface area contributed by atoms with Gasteiger partial charge in [0, 0.05) is 11.3 Å². The lowest BCUT2D eigenvalue weighted by atomic mass is 9.38. The predicted molar refractivity (Wildman–Crippen MR) is 121 cm³/mol. The standard InChI is InChI=1S/C27H38O5/c1-24(23(29)30)10-7-11-25(2)21(24)20(32-22(28)17-8-5-4-6-9-17)15-18-14-19-16-27(18,25)13-12-26(19,3)31/h4-6,8-9,18-21,23,29-31H,7,10-16H2,1-3H3/t18-,19-,20-,21?,24-,25+,26-,27+/m1/s1. The summed E-state index contributed by atoms with van der Waals surface area (Å²) in [5, 5.41) is 32.2. The van der Waals surface area contributed by atoms with Crippen LogP contribution in [0.25, 0.3) is 0 Å². The van der Waals surface area contributed by atoms with Gasteiger partial charge in [0.25, 0.3) is 0 Å². The molecule has 0 heterocycles. The molecule has 176 valence electrons. The largest absolute Gasteiger partial charge is 0.458 e. The number of hydrogen-bond donors (Lipinski definition) is 3. The Hall–Kier alpha value is -1.43. The van der Waals surface area contributed by atoms with Crippen molar-refractivity contribution in [3.8, 4) is 0 Å². The normalized spacial score (nSPS) is 47.6. The van der Waals surface area contributed by atoms with Gasteiger partial charge in [-0.25, -0.2) is 4.79 Å². The van der Waals surface area contributed by atoms with Crippen LogP contribution in [0.2, 0.25) is 0 Å². The highest BCUT2D eigenvalue weighted by Gasteiger charge is 2.72. The number of fused-ring (bicyclic) bond motifs is 2. The third kappa shape index (κ3) is 2.97. The van der Waals surface area contributed by atoms with Crippen LogP contribution in [0.15, 0.2) is 30.3 Å². The van der Waals surface area contributed by atoms with E-state index in [4.69, 9.17) is 4.74 Å². The lowest BCUT2D eigenvalue weighted by Crippen LogP contribution is -2.65. The zero-order valence-electron chi connectivity index (χ0n) is 19.6. The van der Waals surface area contributed by atoms with Gasteiger partial charge in [-0.2, -0.15) is 0 Å². The molecule has 4 aliphatic rings. The number of aliphatic hydroxyl groups excluding tert-OH is 1. The van der Waals surface area contributed by atoms with Gasteiger partial charge in [-0.3, -0.25) is 0 Å². The Morgan fingerprint density at radius 3 is 2.41 bits per heavy atom. The summed E-state index contributed by atoms with van der Waals surface area (Å²) in [6.07, 6.45) is 5.30. The second-order valence-electron chi connectivity index (χ2n) is 12.0. The Morgan fingerprint density at radius 2 is 1.72 bits per heavy atom. The van der Waals surface area contributed by atoms with Gasteiger partial charge in [0.05, 0.1) is 11.2 Å². The van der Waals surface area contributed by atoms with E-state index in [1.807, 2.05) is 32.0 Å². The lowest BCUT2D eigenvalue weighted by Gasteiger charge is -2.67. The summed E-state index contributed by atoms with van der Waals surface area (Å²) < 4.78 is 6.24. The Morgan fingerprint density at radius 1 is 1.00 bits per heavy atom. The summed E-state index contributed by atoms with van der Waals surface area (Å²) in [5.41, 5.74) is -0.938. The van der Waals surface area contributed by atoms with E-state index in [1.54, 1.807) is 12.1 Å². The lowest BCUT2D eigenvalue weighted by molar-refractivity contribution is -0.264. The van der Waals surface area contributed by atoms with E-state index >= 15 is 0 Å². The number of rotatable bonds is 3. The van der Waals surface area contributed by atoms with Crippen molar-refractivity contribution in [3.63, 3.8) is 0 Å². The third-order valence-electron chi connectivity index (χ3n) is 10.6. The molecule has 5 nitrogen and oxygen atoms in total. The van der Waals surface area contributed by atoms with Crippen LogP contribution in [0, 0.1) is 34.0 Å². The molecule has 1 unspecified atom stereocenters. The highest BCUT2D eigenvalue weighted by atomic mass is 16.5. The molecule has 1 aromatic rings. The molecule has 3 N–H and O–H groups in total.